The quantitative estimate of drug-likeness (QED) is 0.766. The Balaban J connectivity index is 1.82. The summed E-state index contributed by atoms with van der Waals surface area (Å²) in [5.41, 5.74) is 17.6. The minimum atomic E-state index is 0.0267. The molecule has 1 aromatic heterocycles. The monoisotopic (exact) mass is 433 g/mol. The number of methoxy groups -OCH3 is 1. The van der Waals surface area contributed by atoms with E-state index >= 15 is 0 Å². The van der Waals surface area contributed by atoms with E-state index in [9.17, 15) is 0 Å². The largest absolute Gasteiger partial charge is 0.495 e. The Bertz CT molecular complexity index is 1160. The summed E-state index contributed by atoms with van der Waals surface area (Å²) in [6.07, 6.45) is 9.57. The SMILES string of the molecule is COc1cc(-c2cnn(C)c2)ccc1N1C(N)=NC=C2C=CN(C(C)C(C)(C)C)C(N)=C21. The van der Waals surface area contributed by atoms with E-state index in [-0.39, 0.29) is 11.5 Å². The van der Waals surface area contributed by atoms with E-state index in [0.29, 0.717) is 17.5 Å². The highest BCUT2D eigenvalue weighted by atomic mass is 16.5. The third-order valence-electron chi connectivity index (χ3n) is 6.13. The molecule has 0 amide bonds. The molecule has 1 unspecified atom stereocenters. The number of hydrogen-bond acceptors (Lipinski definition) is 7. The summed E-state index contributed by atoms with van der Waals surface area (Å²) in [5.74, 6) is 1.62. The molecule has 0 aliphatic carbocycles. The van der Waals surface area contributed by atoms with Gasteiger partial charge in [0.25, 0.3) is 0 Å². The number of nitrogens with zero attached hydrogens (tertiary/aromatic N) is 5. The van der Waals surface area contributed by atoms with Gasteiger partial charge >= 0.3 is 0 Å². The Morgan fingerprint density at radius 1 is 1.12 bits per heavy atom. The lowest BCUT2D eigenvalue weighted by molar-refractivity contribution is 0.190. The molecular formula is C24H31N7O. The molecule has 168 valence electrons. The van der Waals surface area contributed by atoms with Crippen LogP contribution in [0.15, 0.2) is 71.2 Å². The van der Waals surface area contributed by atoms with Crippen molar-refractivity contribution in [3.63, 3.8) is 0 Å². The van der Waals surface area contributed by atoms with Crippen molar-refractivity contribution in [2.75, 3.05) is 12.0 Å². The van der Waals surface area contributed by atoms with Crippen LogP contribution in [0.5, 0.6) is 5.75 Å². The first-order valence-electron chi connectivity index (χ1n) is 10.6. The molecule has 0 saturated heterocycles. The number of allylic oxidation sites excluding steroid dienone is 1. The second-order valence-electron chi connectivity index (χ2n) is 9.20. The smallest absolute Gasteiger partial charge is 0.205 e. The van der Waals surface area contributed by atoms with Crippen molar-refractivity contribution in [2.45, 2.75) is 33.7 Å². The predicted octanol–water partition coefficient (Wildman–Crippen LogP) is 3.51. The molecule has 32 heavy (non-hydrogen) atoms. The second-order valence-corrected chi connectivity index (χ2v) is 9.20. The fourth-order valence-electron chi connectivity index (χ4n) is 3.86. The minimum absolute atomic E-state index is 0.0267. The van der Waals surface area contributed by atoms with Gasteiger partial charge in [-0.05, 0) is 36.1 Å². The van der Waals surface area contributed by atoms with Gasteiger partial charge in [-0.3, -0.25) is 9.58 Å². The summed E-state index contributed by atoms with van der Waals surface area (Å²) in [5, 5.41) is 4.26. The molecule has 0 bridgehead atoms. The van der Waals surface area contributed by atoms with Crippen molar-refractivity contribution in [3.05, 3.63) is 66.2 Å². The Hall–Kier alpha value is -3.68. The Kier molecular flexibility index (Phi) is 5.24. The predicted molar refractivity (Wildman–Crippen MR) is 128 cm³/mol. The molecular weight excluding hydrogens is 402 g/mol. The lowest BCUT2D eigenvalue weighted by atomic mass is 9.86. The van der Waals surface area contributed by atoms with Gasteiger partial charge in [-0.1, -0.05) is 26.8 Å². The zero-order chi connectivity index (χ0) is 23.2. The van der Waals surface area contributed by atoms with E-state index in [1.807, 2.05) is 54.8 Å². The molecule has 2 aromatic rings. The maximum absolute atomic E-state index is 6.75. The third kappa shape index (κ3) is 3.62. The topological polar surface area (TPSA) is 97.9 Å². The zero-order valence-electron chi connectivity index (χ0n) is 19.5. The standard InChI is InChI=1S/C24H31N7O/c1-15(24(2,3)4)30-10-9-17-12-27-23(26)31(21(17)22(30)25)19-8-7-16(11-20(19)32-6)18-13-28-29(5)14-18/h7-15H,25H2,1-6H3,(H2,26,27). The Morgan fingerprint density at radius 2 is 1.88 bits per heavy atom. The highest BCUT2D eigenvalue weighted by Crippen LogP contribution is 2.40. The first kappa shape index (κ1) is 21.5. The molecule has 8 nitrogen and oxygen atoms in total. The summed E-state index contributed by atoms with van der Waals surface area (Å²) in [4.78, 5) is 8.37. The van der Waals surface area contributed by atoms with Crippen LogP contribution in [0.4, 0.5) is 5.69 Å². The number of aryl methyl sites for hydroxylation is 1. The molecule has 4 N–H and O–H groups in total. The average Bonchev–Trinajstić information content (AvgIpc) is 3.19. The number of guanidine groups is 1. The molecule has 1 aromatic carbocycles. The van der Waals surface area contributed by atoms with Gasteiger partial charge in [-0.25, -0.2) is 4.99 Å². The molecule has 0 spiro atoms. The number of anilines is 1. The van der Waals surface area contributed by atoms with Gasteiger partial charge in [0.2, 0.25) is 5.96 Å². The molecule has 0 radical (unpaired) electrons. The number of nitrogens with two attached hydrogens (primary N) is 2. The fraction of sp³-hybridized carbons (Fsp3) is 0.333. The third-order valence-corrected chi connectivity index (χ3v) is 6.13. The summed E-state index contributed by atoms with van der Waals surface area (Å²) < 4.78 is 7.54. The molecule has 0 fully saturated rings. The van der Waals surface area contributed by atoms with Gasteiger partial charge in [-0.15, -0.1) is 0 Å². The molecule has 0 saturated carbocycles. The van der Waals surface area contributed by atoms with E-state index in [1.165, 1.54) is 0 Å². The van der Waals surface area contributed by atoms with Gasteiger partial charge in [-0.2, -0.15) is 5.10 Å². The maximum atomic E-state index is 6.75. The average molecular weight is 434 g/mol. The van der Waals surface area contributed by atoms with Crippen LogP contribution in [0.3, 0.4) is 0 Å². The van der Waals surface area contributed by atoms with Crippen LogP contribution in [-0.4, -0.2) is 33.8 Å². The number of benzene rings is 1. The van der Waals surface area contributed by atoms with Crippen LogP contribution in [0, 0.1) is 5.41 Å². The van der Waals surface area contributed by atoms with Gasteiger partial charge < -0.3 is 21.1 Å². The van der Waals surface area contributed by atoms with Crippen molar-refractivity contribution in [1.82, 2.24) is 14.7 Å². The van der Waals surface area contributed by atoms with Gasteiger partial charge in [0.05, 0.1) is 24.7 Å². The highest BCUT2D eigenvalue weighted by molar-refractivity contribution is 6.02. The second kappa shape index (κ2) is 7.78. The molecule has 4 rings (SSSR count). The van der Waals surface area contributed by atoms with Gasteiger partial charge in [0.1, 0.15) is 11.6 Å². The van der Waals surface area contributed by atoms with Crippen molar-refractivity contribution in [2.24, 2.45) is 28.9 Å². The lowest BCUT2D eigenvalue weighted by Gasteiger charge is -2.42. The Labute approximate surface area is 189 Å². The van der Waals surface area contributed by atoms with Crippen LogP contribution in [0.25, 0.3) is 11.1 Å². The van der Waals surface area contributed by atoms with E-state index in [0.717, 1.165) is 28.1 Å². The minimum Gasteiger partial charge on any atom is -0.495 e. The summed E-state index contributed by atoms with van der Waals surface area (Å²) in [7, 11) is 3.54. The van der Waals surface area contributed by atoms with Crippen LogP contribution < -0.4 is 21.1 Å². The number of aromatic nitrogens is 2. The number of aliphatic imine (C=N–C) groups is 1. The number of ether oxygens (including phenoxy) is 1. The summed E-state index contributed by atoms with van der Waals surface area (Å²) in [6.45, 7) is 8.76. The van der Waals surface area contributed by atoms with Crippen LogP contribution in [-0.2, 0) is 7.05 Å². The van der Waals surface area contributed by atoms with E-state index in [4.69, 9.17) is 16.2 Å². The summed E-state index contributed by atoms with van der Waals surface area (Å²) in [6, 6.07) is 6.14. The maximum Gasteiger partial charge on any atom is 0.205 e. The van der Waals surface area contributed by atoms with Gasteiger partial charge in [0.15, 0.2) is 0 Å². The number of hydrogen-bond donors (Lipinski definition) is 2. The molecule has 3 heterocycles. The van der Waals surface area contributed by atoms with E-state index in [2.05, 4.69) is 42.7 Å². The van der Waals surface area contributed by atoms with Crippen molar-refractivity contribution in [3.8, 4) is 16.9 Å². The fourth-order valence-corrected chi connectivity index (χ4v) is 3.86. The lowest BCUT2D eigenvalue weighted by Crippen LogP contribution is -2.47. The molecule has 2 aliphatic heterocycles. The van der Waals surface area contributed by atoms with E-state index in [1.54, 1.807) is 18.0 Å². The number of rotatable bonds is 4. The first-order valence-corrected chi connectivity index (χ1v) is 10.6. The molecule has 8 heteroatoms. The molecule has 1 atom stereocenters. The van der Waals surface area contributed by atoms with Crippen molar-refractivity contribution in [1.29, 1.82) is 0 Å². The normalized spacial score (nSPS) is 17.2. The Morgan fingerprint density at radius 3 is 2.50 bits per heavy atom. The number of fused-ring (bicyclic) bond motifs is 1. The highest BCUT2D eigenvalue weighted by Gasteiger charge is 2.34. The van der Waals surface area contributed by atoms with Crippen LogP contribution in [0.2, 0.25) is 0 Å². The van der Waals surface area contributed by atoms with Crippen LogP contribution in [0.1, 0.15) is 27.7 Å². The summed E-state index contributed by atoms with van der Waals surface area (Å²) >= 11 is 0. The first-order chi connectivity index (χ1) is 15.1. The zero-order valence-corrected chi connectivity index (χ0v) is 19.5. The van der Waals surface area contributed by atoms with Gasteiger partial charge in [0, 0.05) is 42.8 Å². The van der Waals surface area contributed by atoms with Crippen molar-refractivity contribution >= 4 is 11.6 Å². The molecule has 2 aliphatic rings. The van der Waals surface area contributed by atoms with Crippen molar-refractivity contribution < 1.29 is 4.74 Å². The van der Waals surface area contributed by atoms with E-state index < -0.39 is 0 Å². The van der Waals surface area contributed by atoms with Crippen LogP contribution >= 0.6 is 0 Å².